The van der Waals surface area contributed by atoms with Crippen molar-refractivity contribution in [1.29, 1.82) is 0 Å². The highest BCUT2D eigenvalue weighted by molar-refractivity contribution is 6.78. The first kappa shape index (κ1) is 53.4. The Labute approximate surface area is 594 Å². The second-order valence-electron chi connectivity index (χ2n) is 35.1. The Balaban J connectivity index is 0.713. The number of ether oxygens (including phenoxy) is 11. The maximum atomic E-state index is 17.8. The van der Waals surface area contributed by atoms with E-state index < -0.39 is 50.7 Å². The number of nitrogens with zero attached hydrogens (tertiary/aromatic N) is 1. The van der Waals surface area contributed by atoms with Crippen LogP contribution >= 0.6 is 0 Å². The molecule has 1 saturated heterocycles. The van der Waals surface area contributed by atoms with Gasteiger partial charge in [0.2, 0.25) is 0 Å². The van der Waals surface area contributed by atoms with E-state index in [1.807, 2.05) is 20.8 Å². The summed E-state index contributed by atoms with van der Waals surface area (Å²) in [5.74, 6) is -1.05. The number of esters is 2. The van der Waals surface area contributed by atoms with E-state index in [1.165, 1.54) is 265 Å². The lowest BCUT2D eigenvalue weighted by Crippen LogP contribution is -2.51. The lowest BCUT2D eigenvalue weighted by Gasteiger charge is -2.49. The first-order valence-electron chi connectivity index (χ1n) is 38.6. The van der Waals surface area contributed by atoms with Crippen molar-refractivity contribution >= 4 is 277 Å². The topological polar surface area (TPSA) is 168 Å². The zero-order valence-electron chi connectivity index (χ0n) is 58.3. The number of benzene rings is 16. The van der Waals surface area contributed by atoms with E-state index in [0.29, 0.717) is 85.8 Å². The number of rotatable bonds is 29. The van der Waals surface area contributed by atoms with Crippen molar-refractivity contribution in [1.82, 2.24) is 10.2 Å². The number of nitrogens with one attached hydrogen (secondary N) is 1. The maximum Gasteiger partial charge on any atom is 0.407 e. The van der Waals surface area contributed by atoms with Gasteiger partial charge < -0.3 is 57.4 Å². The highest BCUT2D eigenvalue weighted by atomic mass is 16.6. The molecule has 1 amide bonds. The third kappa shape index (κ3) is 4.02. The number of likely N-dealkylation sites (tertiary alicyclic amines) is 1. The van der Waals surface area contributed by atoms with Gasteiger partial charge in [0.25, 0.3) is 0 Å². The number of hydrogen-bond acceptors (Lipinski definition) is 15. The lowest BCUT2D eigenvalue weighted by molar-refractivity contribution is -0.168. The van der Waals surface area contributed by atoms with Crippen LogP contribution in [-0.4, -0.2) is 175 Å². The lowest BCUT2D eigenvalue weighted by atomic mass is 9.50. The van der Waals surface area contributed by atoms with Gasteiger partial charge in [0, 0.05) is 40.4 Å². The molecule has 24 aromatic rings. The predicted molar refractivity (Wildman–Crippen MR) is 411 cm³/mol. The van der Waals surface area contributed by atoms with Gasteiger partial charge in [0.05, 0.1) is 114 Å². The Bertz CT molecular complexity index is 8300. The number of alkyl carbamates (subject to hydrolysis) is 1. The van der Waals surface area contributed by atoms with Crippen LogP contribution in [-0.2, 0) is 83.4 Å². The van der Waals surface area contributed by atoms with Gasteiger partial charge in [0.1, 0.15) is 18.8 Å². The minimum atomic E-state index is -1.93. The number of methoxy groups -OCH3 is 2. The Morgan fingerprint density at radius 3 is 0.821 bits per heavy atom. The average molecular weight is 1390 g/mol. The van der Waals surface area contributed by atoms with Crippen molar-refractivity contribution in [2.75, 3.05) is 146 Å². The van der Waals surface area contributed by atoms with E-state index >= 15 is 9.59 Å². The molecule has 510 valence electrons. The van der Waals surface area contributed by atoms with Crippen LogP contribution in [0.1, 0.15) is 65.3 Å². The normalized spacial score (nSPS) is 23.0. The van der Waals surface area contributed by atoms with Gasteiger partial charge in [-0.1, -0.05) is 0 Å². The molecule has 16 heteroatoms. The summed E-state index contributed by atoms with van der Waals surface area (Å²) >= 11 is 0. The molecule has 4 unspecified atom stereocenters. The van der Waals surface area contributed by atoms with Gasteiger partial charge in [-0.25, -0.2) is 4.79 Å². The molecule has 1 N–H and O–H groups in total. The summed E-state index contributed by atoms with van der Waals surface area (Å²) in [6, 6.07) is 0. The minimum absolute atomic E-state index is 0.0543. The quantitative estimate of drug-likeness (QED) is 0.0154. The molecule has 0 aromatic heterocycles. The van der Waals surface area contributed by atoms with Crippen molar-refractivity contribution in [2.45, 2.75) is 48.0 Å². The smallest absolute Gasteiger partial charge is 0.407 e. The van der Waals surface area contributed by atoms with Gasteiger partial charge in [-0.15, -0.1) is 0 Å². The fourth-order valence-corrected chi connectivity index (χ4v) is 30.4. The van der Waals surface area contributed by atoms with Crippen LogP contribution in [0.15, 0.2) is 0 Å². The molecular formula is C90H56N2O14. The Morgan fingerprint density at radius 2 is 0.528 bits per heavy atom. The van der Waals surface area contributed by atoms with Crippen LogP contribution in [0.5, 0.6) is 0 Å². The minimum Gasteiger partial charge on any atom is -0.462 e. The first-order valence-corrected chi connectivity index (χ1v) is 38.6. The van der Waals surface area contributed by atoms with Crippen LogP contribution in [0.2, 0.25) is 0 Å². The number of amides is 1. The molecule has 4 atom stereocenters. The summed E-state index contributed by atoms with van der Waals surface area (Å²) in [5, 5.41) is 71.3. The van der Waals surface area contributed by atoms with E-state index in [4.69, 9.17) is 52.1 Å². The largest absolute Gasteiger partial charge is 0.462 e. The fourth-order valence-electron chi connectivity index (χ4n) is 30.4. The van der Waals surface area contributed by atoms with Gasteiger partial charge in [0.15, 0.2) is 5.41 Å². The molecule has 4 spiro atoms. The fraction of sp³-hybridized carbons (Fsp3) is 0.344. The first-order chi connectivity index (χ1) is 52.1. The van der Waals surface area contributed by atoms with Crippen molar-refractivity contribution < 1.29 is 66.5 Å². The van der Waals surface area contributed by atoms with E-state index in [9.17, 15) is 4.79 Å². The Hall–Kier alpha value is -9.43. The molecule has 1 heterocycles. The van der Waals surface area contributed by atoms with Crippen LogP contribution in [0, 0.1) is 5.41 Å². The van der Waals surface area contributed by atoms with Crippen molar-refractivity contribution in [3.63, 3.8) is 0 Å². The summed E-state index contributed by atoms with van der Waals surface area (Å²) in [6.45, 7) is 13.5. The van der Waals surface area contributed by atoms with E-state index in [-0.39, 0.29) is 26.4 Å². The Morgan fingerprint density at radius 1 is 0.302 bits per heavy atom. The van der Waals surface area contributed by atoms with Crippen molar-refractivity contribution in [3.05, 3.63) is 44.5 Å². The molecule has 0 bridgehead atoms. The molecule has 0 radical (unpaired) electrons. The number of carbonyl (C=O) groups is 3. The molecule has 2 fully saturated rings. The molecule has 106 heavy (non-hydrogen) atoms. The second-order valence-corrected chi connectivity index (χ2v) is 35.1. The summed E-state index contributed by atoms with van der Waals surface area (Å²) in [5.41, 5.74) is 4.97. The molecule has 9 aliphatic carbocycles. The number of carbonyl (C=O) groups excluding carboxylic acids is 3. The molecular weight excluding hydrogens is 1330 g/mol. The molecule has 24 aromatic carbocycles. The van der Waals surface area contributed by atoms with Gasteiger partial charge >= 0.3 is 18.0 Å². The summed E-state index contributed by atoms with van der Waals surface area (Å²) in [6.07, 6.45) is -0.448. The summed E-state index contributed by atoms with van der Waals surface area (Å²) < 4.78 is 67.3. The van der Waals surface area contributed by atoms with Crippen LogP contribution in [0.4, 0.5) is 4.79 Å². The van der Waals surface area contributed by atoms with Crippen LogP contribution < -0.4 is 5.32 Å². The third-order valence-corrected chi connectivity index (χ3v) is 31.5. The molecule has 1 saturated carbocycles. The van der Waals surface area contributed by atoms with Gasteiger partial charge in [-0.05, 0) is 324 Å². The third-order valence-electron chi connectivity index (χ3n) is 31.5. The highest BCUT2D eigenvalue weighted by Gasteiger charge is 3.02. The molecule has 34 rings (SSSR count). The second kappa shape index (κ2) is 15.0. The van der Waals surface area contributed by atoms with Crippen LogP contribution in [0.25, 0.3) is 259 Å². The van der Waals surface area contributed by atoms with Crippen molar-refractivity contribution in [2.24, 2.45) is 5.41 Å². The van der Waals surface area contributed by atoms with Gasteiger partial charge in [-0.3, -0.25) is 14.5 Å². The monoisotopic (exact) mass is 1390 g/mol. The highest BCUT2D eigenvalue weighted by Crippen LogP contribution is 2.97. The predicted octanol–water partition coefficient (Wildman–Crippen LogP) is 15.2. The van der Waals surface area contributed by atoms with Crippen LogP contribution in [0.3, 0.4) is 0 Å². The summed E-state index contributed by atoms with van der Waals surface area (Å²) in [7, 11) is 3.33. The Kier molecular flexibility index (Phi) is 7.56. The standard InChI is InChI=1S/C90H56N2O14/c1-85(2,3)106-84(95)91-6-8-98-14-15-99-9-7-92-24-86-74-58-46-34-26-27-31-28-32-39-47(35(28)34)59(58)75(86)62-50(39)44-54-43(32)53-41(31)51-36(27)37-29-30(26)38(46)48-40-33(29)42-52(37)66-65(51)78-67(53)68(54)80-71-56(44)63(62)77-72-64-57-45(49(40)61(60(48)74)76(64)87(77,86)25-92)55(42)69-70(57)81(73(71)72)89(80)88(78,79(66)69)90(89,82(93)104-22-20-102-18-16-100-12-10-96-4)83(94)105-23-21-103-19-17-101-13-11-97-5/h6-25H2,1-5H3,(H,91,95). The van der Waals surface area contributed by atoms with Crippen molar-refractivity contribution in [3.8, 4) is 0 Å². The zero-order valence-corrected chi connectivity index (χ0v) is 58.3. The molecule has 1 aliphatic heterocycles. The molecule has 16 nitrogen and oxygen atoms in total. The van der Waals surface area contributed by atoms with E-state index in [2.05, 4.69) is 10.2 Å². The van der Waals surface area contributed by atoms with Gasteiger partial charge in [-0.2, -0.15) is 0 Å². The number of hydrogen-bond donors (Lipinski definition) is 1. The SMILES string of the molecule is COCCOCCOCCOC(=O)C1(C(=O)OCCOCCOCCOC)C23c4c5c6c7c8c9c%10c%11c%12c%13c%14c%15c(c6c6c4c4c%16c%17c%18c(c%19c%20c2c5c8c2c%20c5c%19c8c%18c%18c%19c%17c%17c4c6c%15c4c%14c6c%12c%12c%14c%11c(c92)c5c%14c8c%18c%12c6c%19c4%17)C%1613)C71CN(CCOCCOCCNC(=O)OC(C)(C)C)CC%10%131. The average Bonchev–Trinajstić information content (AvgIpc) is 1.35. The van der Waals surface area contributed by atoms with E-state index in [1.54, 1.807) is 52.5 Å². The zero-order chi connectivity index (χ0) is 68.3. The van der Waals surface area contributed by atoms with E-state index in [0.717, 1.165) is 19.6 Å². The molecule has 10 aliphatic rings. The maximum absolute atomic E-state index is 17.8. The summed E-state index contributed by atoms with van der Waals surface area (Å²) in [4.78, 5) is 51.0.